The average Bonchev–Trinajstić information content (AvgIpc) is 2.77. The summed E-state index contributed by atoms with van der Waals surface area (Å²) in [6.07, 6.45) is -0.402. The van der Waals surface area contributed by atoms with E-state index in [1.807, 2.05) is 19.1 Å². The Labute approximate surface area is 105 Å². The first-order chi connectivity index (χ1) is 8.60. The van der Waals surface area contributed by atoms with E-state index in [0.29, 0.717) is 17.1 Å². The van der Waals surface area contributed by atoms with Gasteiger partial charge in [-0.05, 0) is 37.6 Å². The Morgan fingerprint density at radius 1 is 1.28 bits per heavy atom. The predicted molar refractivity (Wildman–Crippen MR) is 67.0 cm³/mol. The first kappa shape index (κ1) is 12.6. The topological polar surface area (TPSA) is 48.4 Å². The van der Waals surface area contributed by atoms with Gasteiger partial charge in [-0.3, -0.25) is 0 Å². The lowest BCUT2D eigenvalue weighted by Crippen LogP contribution is -2.18. The van der Waals surface area contributed by atoms with Gasteiger partial charge in [0.15, 0.2) is 6.10 Å². The van der Waals surface area contributed by atoms with Gasteiger partial charge in [-0.1, -0.05) is 6.07 Å². The van der Waals surface area contributed by atoms with Crippen LogP contribution in [-0.2, 0) is 0 Å². The van der Waals surface area contributed by atoms with Crippen molar-refractivity contribution < 1.29 is 13.5 Å². The Morgan fingerprint density at radius 2 is 2.06 bits per heavy atom. The van der Waals surface area contributed by atoms with Crippen LogP contribution >= 0.6 is 0 Å². The van der Waals surface area contributed by atoms with Crippen LogP contribution in [0.4, 0.5) is 4.39 Å². The fourth-order valence-corrected chi connectivity index (χ4v) is 1.66. The number of ether oxygens (including phenoxy) is 1. The minimum atomic E-state index is -0.402. The zero-order valence-corrected chi connectivity index (χ0v) is 10.4. The molecule has 0 spiro atoms. The molecule has 3 nitrogen and oxygen atoms in total. The summed E-state index contributed by atoms with van der Waals surface area (Å²) in [7, 11) is 0. The van der Waals surface area contributed by atoms with E-state index in [1.54, 1.807) is 19.1 Å². The summed E-state index contributed by atoms with van der Waals surface area (Å²) < 4.78 is 24.5. The highest BCUT2D eigenvalue weighted by atomic mass is 19.1. The Balaban J connectivity index is 2.17. The molecule has 0 aliphatic rings. The summed E-state index contributed by atoms with van der Waals surface area (Å²) in [5, 5.41) is 0. The Morgan fingerprint density at radius 3 is 2.61 bits per heavy atom. The van der Waals surface area contributed by atoms with Crippen molar-refractivity contribution in [3.8, 4) is 5.75 Å². The SMILES string of the molecule is Cc1ccc(C(CN)Oc2ccc(C)c(F)c2)o1. The van der Waals surface area contributed by atoms with Crippen LogP contribution in [-0.4, -0.2) is 6.54 Å². The summed E-state index contributed by atoms with van der Waals surface area (Å²) in [5.41, 5.74) is 6.23. The monoisotopic (exact) mass is 249 g/mol. The third kappa shape index (κ3) is 2.71. The minimum Gasteiger partial charge on any atom is -0.481 e. The van der Waals surface area contributed by atoms with Crippen molar-refractivity contribution in [1.82, 2.24) is 0 Å². The van der Waals surface area contributed by atoms with Gasteiger partial charge in [0.05, 0.1) is 0 Å². The standard InChI is InChI=1S/C14H16FNO2/c1-9-3-5-11(7-12(9)15)18-14(8-16)13-6-4-10(2)17-13/h3-7,14H,8,16H2,1-2H3. The molecule has 0 bridgehead atoms. The zero-order chi connectivity index (χ0) is 13.1. The molecule has 4 heteroatoms. The molecule has 2 N–H and O–H groups in total. The molecule has 0 aliphatic heterocycles. The lowest BCUT2D eigenvalue weighted by atomic mass is 10.2. The molecule has 1 unspecified atom stereocenters. The number of benzene rings is 1. The minimum absolute atomic E-state index is 0.266. The molecule has 2 rings (SSSR count). The van der Waals surface area contributed by atoms with Crippen molar-refractivity contribution in [2.24, 2.45) is 5.73 Å². The van der Waals surface area contributed by atoms with Gasteiger partial charge in [-0.2, -0.15) is 0 Å². The van der Waals surface area contributed by atoms with Crippen LogP contribution in [0, 0.1) is 19.7 Å². The van der Waals surface area contributed by atoms with Crippen LogP contribution < -0.4 is 10.5 Å². The van der Waals surface area contributed by atoms with Gasteiger partial charge < -0.3 is 14.9 Å². The normalized spacial score (nSPS) is 12.4. The number of halogens is 1. The maximum absolute atomic E-state index is 13.4. The molecule has 96 valence electrons. The highest BCUT2D eigenvalue weighted by Gasteiger charge is 2.15. The fourth-order valence-electron chi connectivity index (χ4n) is 1.66. The Bertz CT molecular complexity index is 536. The van der Waals surface area contributed by atoms with Gasteiger partial charge in [0.1, 0.15) is 23.1 Å². The van der Waals surface area contributed by atoms with E-state index in [1.165, 1.54) is 6.07 Å². The molecular formula is C14H16FNO2. The Hall–Kier alpha value is -1.81. The third-order valence-electron chi connectivity index (χ3n) is 2.71. The summed E-state index contributed by atoms with van der Waals surface area (Å²) in [6, 6.07) is 8.41. The van der Waals surface area contributed by atoms with Gasteiger partial charge in [0, 0.05) is 12.6 Å². The van der Waals surface area contributed by atoms with Crippen molar-refractivity contribution in [3.05, 3.63) is 53.2 Å². The zero-order valence-electron chi connectivity index (χ0n) is 10.4. The number of furan rings is 1. The van der Waals surface area contributed by atoms with Crippen molar-refractivity contribution >= 4 is 0 Å². The molecule has 1 atom stereocenters. The smallest absolute Gasteiger partial charge is 0.168 e. The van der Waals surface area contributed by atoms with Gasteiger partial charge >= 0.3 is 0 Å². The number of nitrogens with two attached hydrogens (primary N) is 1. The number of aryl methyl sites for hydroxylation is 2. The Kier molecular flexibility index (Phi) is 3.67. The van der Waals surface area contributed by atoms with E-state index in [2.05, 4.69) is 0 Å². The summed E-state index contributed by atoms with van der Waals surface area (Å²) in [6.45, 7) is 3.82. The van der Waals surface area contributed by atoms with Crippen LogP contribution in [0.2, 0.25) is 0 Å². The van der Waals surface area contributed by atoms with Crippen molar-refractivity contribution in [2.45, 2.75) is 20.0 Å². The van der Waals surface area contributed by atoms with E-state index < -0.39 is 6.10 Å². The second kappa shape index (κ2) is 5.23. The molecule has 0 amide bonds. The lowest BCUT2D eigenvalue weighted by molar-refractivity contribution is 0.181. The molecular weight excluding hydrogens is 233 g/mol. The van der Waals surface area contributed by atoms with Crippen molar-refractivity contribution in [2.75, 3.05) is 6.54 Å². The quantitative estimate of drug-likeness (QED) is 0.905. The van der Waals surface area contributed by atoms with Gasteiger partial charge in [0.2, 0.25) is 0 Å². The number of hydrogen-bond acceptors (Lipinski definition) is 3. The molecule has 18 heavy (non-hydrogen) atoms. The van der Waals surface area contributed by atoms with Crippen LogP contribution in [0.1, 0.15) is 23.2 Å². The second-order valence-electron chi connectivity index (χ2n) is 4.20. The van der Waals surface area contributed by atoms with E-state index in [4.69, 9.17) is 14.9 Å². The second-order valence-corrected chi connectivity index (χ2v) is 4.20. The lowest BCUT2D eigenvalue weighted by Gasteiger charge is -2.15. The van der Waals surface area contributed by atoms with Gasteiger partial charge in [0.25, 0.3) is 0 Å². The fraction of sp³-hybridized carbons (Fsp3) is 0.286. The van der Waals surface area contributed by atoms with Crippen LogP contribution in [0.5, 0.6) is 5.75 Å². The average molecular weight is 249 g/mol. The summed E-state index contributed by atoms with van der Waals surface area (Å²) in [4.78, 5) is 0. The third-order valence-corrected chi connectivity index (χ3v) is 2.71. The molecule has 0 radical (unpaired) electrons. The van der Waals surface area contributed by atoms with Gasteiger partial charge in [-0.25, -0.2) is 4.39 Å². The number of rotatable bonds is 4. The maximum Gasteiger partial charge on any atom is 0.168 e. The highest BCUT2D eigenvalue weighted by molar-refractivity contribution is 5.28. The highest BCUT2D eigenvalue weighted by Crippen LogP contribution is 2.24. The molecule has 0 fully saturated rings. The van der Waals surface area contributed by atoms with Crippen molar-refractivity contribution in [3.63, 3.8) is 0 Å². The van der Waals surface area contributed by atoms with Crippen LogP contribution in [0.15, 0.2) is 34.7 Å². The van der Waals surface area contributed by atoms with Gasteiger partial charge in [-0.15, -0.1) is 0 Å². The summed E-state index contributed by atoms with van der Waals surface area (Å²) >= 11 is 0. The number of hydrogen-bond donors (Lipinski definition) is 1. The van der Waals surface area contributed by atoms with E-state index in [0.717, 1.165) is 5.76 Å². The van der Waals surface area contributed by atoms with Crippen LogP contribution in [0.25, 0.3) is 0 Å². The molecule has 1 aromatic carbocycles. The molecule has 1 aromatic heterocycles. The first-order valence-corrected chi connectivity index (χ1v) is 5.79. The molecule has 2 aromatic rings. The molecule has 0 saturated heterocycles. The maximum atomic E-state index is 13.4. The van der Waals surface area contributed by atoms with E-state index >= 15 is 0 Å². The molecule has 1 heterocycles. The van der Waals surface area contributed by atoms with E-state index in [9.17, 15) is 4.39 Å². The van der Waals surface area contributed by atoms with E-state index in [-0.39, 0.29) is 12.4 Å². The molecule has 0 saturated carbocycles. The van der Waals surface area contributed by atoms with Crippen LogP contribution in [0.3, 0.4) is 0 Å². The summed E-state index contributed by atoms with van der Waals surface area (Å²) in [5.74, 6) is 1.60. The largest absolute Gasteiger partial charge is 0.481 e. The van der Waals surface area contributed by atoms with Crippen molar-refractivity contribution in [1.29, 1.82) is 0 Å². The predicted octanol–water partition coefficient (Wildman–Crippen LogP) is 3.11. The molecule has 0 aliphatic carbocycles. The first-order valence-electron chi connectivity index (χ1n) is 5.79.